The molecule has 0 aliphatic carbocycles. The molecule has 0 unspecified atom stereocenters. The summed E-state index contributed by atoms with van der Waals surface area (Å²) in [5.74, 6) is 1.96. The molecule has 0 spiro atoms. The van der Waals surface area contributed by atoms with Crippen molar-refractivity contribution in [1.29, 1.82) is 0 Å². The van der Waals surface area contributed by atoms with Crippen molar-refractivity contribution >= 4 is 5.78 Å². The summed E-state index contributed by atoms with van der Waals surface area (Å²) in [5.41, 5.74) is 8.51. The van der Waals surface area contributed by atoms with Crippen molar-refractivity contribution < 1.29 is 9.47 Å². The van der Waals surface area contributed by atoms with Gasteiger partial charge in [-0.05, 0) is 24.3 Å². The van der Waals surface area contributed by atoms with Crippen molar-refractivity contribution in [2.75, 3.05) is 14.2 Å². The number of imidazole rings is 1. The highest BCUT2D eigenvalue weighted by Gasteiger charge is 2.15. The number of ether oxygens (including phenoxy) is 2. The first kappa shape index (κ1) is 13.4. The van der Waals surface area contributed by atoms with E-state index in [1.54, 1.807) is 20.4 Å². The lowest BCUT2D eigenvalue weighted by atomic mass is 10.1. The van der Waals surface area contributed by atoms with Crippen LogP contribution in [0.3, 0.4) is 0 Å². The van der Waals surface area contributed by atoms with Crippen molar-refractivity contribution in [3.63, 3.8) is 0 Å². The zero-order chi connectivity index (χ0) is 14.8. The van der Waals surface area contributed by atoms with Gasteiger partial charge in [-0.3, -0.25) is 4.40 Å². The SMILES string of the molecule is COc1ccc(-c2nc3ncccn3c2CN)cc1OC. The van der Waals surface area contributed by atoms with E-state index >= 15 is 0 Å². The molecule has 0 saturated carbocycles. The molecule has 2 N–H and O–H groups in total. The Hall–Kier alpha value is -2.60. The molecule has 0 bridgehead atoms. The third-order valence-electron chi connectivity index (χ3n) is 3.35. The van der Waals surface area contributed by atoms with Gasteiger partial charge in [0, 0.05) is 24.5 Å². The minimum absolute atomic E-state index is 0.372. The fraction of sp³-hybridized carbons (Fsp3) is 0.200. The second kappa shape index (κ2) is 5.41. The highest BCUT2D eigenvalue weighted by atomic mass is 16.5. The Labute approximate surface area is 122 Å². The summed E-state index contributed by atoms with van der Waals surface area (Å²) in [6.45, 7) is 0.372. The van der Waals surface area contributed by atoms with Gasteiger partial charge in [-0.25, -0.2) is 9.97 Å². The predicted molar refractivity (Wildman–Crippen MR) is 79.4 cm³/mol. The molecule has 0 aliphatic rings. The standard InChI is InChI=1S/C15H16N4O2/c1-20-12-5-4-10(8-13(12)21-2)14-11(9-16)19-7-3-6-17-15(19)18-14/h3-8H,9,16H2,1-2H3. The molecular formula is C15H16N4O2. The second-order valence-electron chi connectivity index (χ2n) is 4.47. The lowest BCUT2D eigenvalue weighted by molar-refractivity contribution is 0.355. The van der Waals surface area contributed by atoms with Crippen molar-refractivity contribution in [3.8, 4) is 22.8 Å². The van der Waals surface area contributed by atoms with Crippen LogP contribution in [0.25, 0.3) is 17.0 Å². The van der Waals surface area contributed by atoms with Gasteiger partial charge >= 0.3 is 0 Å². The maximum atomic E-state index is 5.88. The predicted octanol–water partition coefficient (Wildman–Crippen LogP) is 1.87. The number of aromatic nitrogens is 3. The third-order valence-corrected chi connectivity index (χ3v) is 3.35. The Morgan fingerprint density at radius 3 is 2.71 bits per heavy atom. The molecule has 6 nitrogen and oxygen atoms in total. The van der Waals surface area contributed by atoms with Gasteiger partial charge in [0.25, 0.3) is 0 Å². The normalized spacial score (nSPS) is 10.8. The van der Waals surface area contributed by atoms with Crippen LogP contribution in [-0.4, -0.2) is 28.6 Å². The summed E-state index contributed by atoms with van der Waals surface area (Å²) in [4.78, 5) is 8.81. The highest BCUT2D eigenvalue weighted by molar-refractivity contribution is 5.68. The molecule has 3 aromatic rings. The van der Waals surface area contributed by atoms with E-state index in [4.69, 9.17) is 15.2 Å². The fourth-order valence-electron chi connectivity index (χ4n) is 2.34. The average molecular weight is 284 g/mol. The van der Waals surface area contributed by atoms with Gasteiger partial charge in [0.15, 0.2) is 11.5 Å². The number of rotatable bonds is 4. The molecule has 108 valence electrons. The van der Waals surface area contributed by atoms with Crippen molar-refractivity contribution in [2.45, 2.75) is 6.54 Å². The first-order valence-electron chi connectivity index (χ1n) is 6.53. The minimum Gasteiger partial charge on any atom is -0.493 e. The van der Waals surface area contributed by atoms with Gasteiger partial charge in [0.05, 0.1) is 25.6 Å². The van der Waals surface area contributed by atoms with Gasteiger partial charge in [-0.2, -0.15) is 0 Å². The summed E-state index contributed by atoms with van der Waals surface area (Å²) >= 11 is 0. The van der Waals surface area contributed by atoms with Crippen LogP contribution in [0.5, 0.6) is 11.5 Å². The molecule has 0 atom stereocenters. The maximum Gasteiger partial charge on any atom is 0.234 e. The Bertz CT molecular complexity index is 782. The Balaban J connectivity index is 2.20. The van der Waals surface area contributed by atoms with Crippen LogP contribution in [-0.2, 0) is 6.54 Å². The van der Waals surface area contributed by atoms with Gasteiger partial charge in [0.1, 0.15) is 0 Å². The second-order valence-corrected chi connectivity index (χ2v) is 4.47. The van der Waals surface area contributed by atoms with Gasteiger partial charge < -0.3 is 15.2 Å². The van der Waals surface area contributed by atoms with Gasteiger partial charge in [-0.15, -0.1) is 0 Å². The van der Waals surface area contributed by atoms with Crippen LogP contribution in [0.1, 0.15) is 5.69 Å². The maximum absolute atomic E-state index is 5.88. The zero-order valence-electron chi connectivity index (χ0n) is 11.9. The van der Waals surface area contributed by atoms with Crippen LogP contribution < -0.4 is 15.2 Å². The van der Waals surface area contributed by atoms with E-state index in [9.17, 15) is 0 Å². The molecular weight excluding hydrogens is 268 g/mol. The summed E-state index contributed by atoms with van der Waals surface area (Å²) < 4.78 is 12.5. The summed E-state index contributed by atoms with van der Waals surface area (Å²) in [6, 6.07) is 7.53. The number of nitrogens with two attached hydrogens (primary N) is 1. The molecule has 2 aromatic heterocycles. The van der Waals surface area contributed by atoms with Crippen LogP contribution in [0, 0.1) is 0 Å². The van der Waals surface area contributed by atoms with Gasteiger partial charge in [-0.1, -0.05) is 0 Å². The minimum atomic E-state index is 0.372. The highest BCUT2D eigenvalue weighted by Crippen LogP contribution is 2.33. The van der Waals surface area contributed by atoms with Crippen LogP contribution >= 0.6 is 0 Å². The number of methoxy groups -OCH3 is 2. The lowest BCUT2D eigenvalue weighted by Crippen LogP contribution is -2.02. The van der Waals surface area contributed by atoms with Crippen LogP contribution in [0.4, 0.5) is 0 Å². The summed E-state index contributed by atoms with van der Waals surface area (Å²) in [7, 11) is 3.22. The number of benzene rings is 1. The number of nitrogens with zero attached hydrogens (tertiary/aromatic N) is 3. The molecule has 0 aliphatic heterocycles. The lowest BCUT2D eigenvalue weighted by Gasteiger charge is -2.09. The van der Waals surface area contributed by atoms with E-state index in [1.165, 1.54) is 0 Å². The fourth-order valence-corrected chi connectivity index (χ4v) is 2.34. The number of hydrogen-bond acceptors (Lipinski definition) is 5. The zero-order valence-corrected chi connectivity index (χ0v) is 11.9. The molecule has 0 radical (unpaired) electrons. The van der Waals surface area contributed by atoms with E-state index in [1.807, 2.05) is 34.9 Å². The van der Waals surface area contributed by atoms with Crippen LogP contribution in [0.15, 0.2) is 36.7 Å². The van der Waals surface area contributed by atoms with Gasteiger partial charge in [0.2, 0.25) is 5.78 Å². The van der Waals surface area contributed by atoms with Crippen molar-refractivity contribution in [2.24, 2.45) is 5.73 Å². The largest absolute Gasteiger partial charge is 0.493 e. The topological polar surface area (TPSA) is 74.7 Å². The quantitative estimate of drug-likeness (QED) is 0.791. The molecule has 3 rings (SSSR count). The van der Waals surface area contributed by atoms with E-state index in [-0.39, 0.29) is 0 Å². The van der Waals surface area contributed by atoms with E-state index in [2.05, 4.69) is 9.97 Å². The van der Waals surface area contributed by atoms with Crippen molar-refractivity contribution in [3.05, 3.63) is 42.4 Å². The smallest absolute Gasteiger partial charge is 0.234 e. The molecule has 2 heterocycles. The van der Waals surface area contributed by atoms with E-state index in [0.29, 0.717) is 23.8 Å². The first-order valence-corrected chi connectivity index (χ1v) is 6.53. The Morgan fingerprint density at radius 2 is 2.00 bits per heavy atom. The summed E-state index contributed by atoms with van der Waals surface area (Å²) in [5, 5.41) is 0. The monoisotopic (exact) mass is 284 g/mol. The van der Waals surface area contributed by atoms with E-state index < -0.39 is 0 Å². The third kappa shape index (κ3) is 2.19. The number of fused-ring (bicyclic) bond motifs is 1. The van der Waals surface area contributed by atoms with E-state index in [0.717, 1.165) is 17.0 Å². The molecule has 1 aromatic carbocycles. The first-order chi connectivity index (χ1) is 10.3. The Kier molecular flexibility index (Phi) is 3.45. The molecule has 0 fully saturated rings. The van der Waals surface area contributed by atoms with Crippen molar-refractivity contribution in [1.82, 2.24) is 14.4 Å². The molecule has 21 heavy (non-hydrogen) atoms. The number of hydrogen-bond donors (Lipinski definition) is 1. The van der Waals surface area contributed by atoms with Crippen LogP contribution in [0.2, 0.25) is 0 Å². The Morgan fingerprint density at radius 1 is 1.19 bits per heavy atom. The molecule has 6 heteroatoms. The summed E-state index contributed by atoms with van der Waals surface area (Å²) in [6.07, 6.45) is 3.61. The molecule has 0 saturated heterocycles. The molecule has 0 amide bonds. The average Bonchev–Trinajstić information content (AvgIpc) is 2.92.